The smallest absolute Gasteiger partial charge is 0.414 e. The van der Waals surface area contributed by atoms with Crippen LogP contribution >= 0.6 is 11.6 Å². The molecule has 1 saturated heterocycles. The van der Waals surface area contributed by atoms with Crippen molar-refractivity contribution in [1.29, 1.82) is 5.26 Å². The lowest BCUT2D eigenvalue weighted by molar-refractivity contribution is -0.159. The lowest BCUT2D eigenvalue weighted by atomic mass is 9.97. The normalized spacial score (nSPS) is 14.2. The summed E-state index contributed by atoms with van der Waals surface area (Å²) in [6, 6.07) is 17.8. The van der Waals surface area contributed by atoms with Crippen LogP contribution in [-0.4, -0.2) is 46.7 Å². The molecular formula is C23H25ClN2O5. The van der Waals surface area contributed by atoms with Crippen LogP contribution in [0.25, 0.3) is 0 Å². The molecule has 1 fully saturated rings. The third-order valence-electron chi connectivity index (χ3n) is 4.95. The molecule has 2 N–H and O–H groups in total. The van der Waals surface area contributed by atoms with Gasteiger partial charge in [0.1, 0.15) is 0 Å². The molecule has 7 nitrogen and oxygen atoms in total. The molecule has 0 aromatic heterocycles. The zero-order valence-corrected chi connectivity index (χ0v) is 17.8. The summed E-state index contributed by atoms with van der Waals surface area (Å²) in [6.45, 7) is 4.54. The maximum absolute atomic E-state index is 9.10. The summed E-state index contributed by atoms with van der Waals surface area (Å²) in [5.41, 5.74) is 3.02. The first kappa shape index (κ1) is 24.4. The number of carboxylic acids is 2. The van der Waals surface area contributed by atoms with E-state index in [4.69, 9.17) is 41.4 Å². The third-order valence-corrected chi connectivity index (χ3v) is 5.32. The van der Waals surface area contributed by atoms with Crippen LogP contribution in [0.3, 0.4) is 0 Å². The molecule has 1 heterocycles. The molecule has 2 aromatic rings. The summed E-state index contributed by atoms with van der Waals surface area (Å²) >= 11 is 6.25. The van der Waals surface area contributed by atoms with E-state index in [-0.39, 0.29) is 0 Å². The lowest BCUT2D eigenvalue weighted by Gasteiger charge is -2.32. The van der Waals surface area contributed by atoms with Crippen molar-refractivity contribution >= 4 is 23.5 Å². The van der Waals surface area contributed by atoms with Gasteiger partial charge in [-0.3, -0.25) is 4.90 Å². The van der Waals surface area contributed by atoms with Crippen LogP contribution in [0, 0.1) is 17.2 Å². The van der Waals surface area contributed by atoms with Crippen LogP contribution in [0.5, 0.6) is 0 Å². The van der Waals surface area contributed by atoms with Gasteiger partial charge in [-0.25, -0.2) is 9.59 Å². The number of hydrogen-bond donors (Lipinski definition) is 2. The average molecular weight is 445 g/mol. The Balaban J connectivity index is 0.000000501. The van der Waals surface area contributed by atoms with Gasteiger partial charge in [-0.2, -0.15) is 5.26 Å². The molecule has 31 heavy (non-hydrogen) atoms. The van der Waals surface area contributed by atoms with E-state index in [9.17, 15) is 0 Å². The van der Waals surface area contributed by atoms with Crippen LogP contribution in [-0.2, 0) is 27.5 Å². The molecule has 0 radical (unpaired) electrons. The molecule has 0 aliphatic carbocycles. The summed E-state index contributed by atoms with van der Waals surface area (Å²) in [6.07, 6.45) is 2.33. The number of rotatable bonds is 6. The monoisotopic (exact) mass is 444 g/mol. The summed E-state index contributed by atoms with van der Waals surface area (Å²) in [5, 5.41) is 24.5. The number of hydrogen-bond acceptors (Lipinski definition) is 5. The van der Waals surface area contributed by atoms with Gasteiger partial charge >= 0.3 is 11.9 Å². The second-order valence-corrected chi connectivity index (χ2v) is 7.65. The number of likely N-dealkylation sites (tertiary alicyclic amines) is 1. The Hall–Kier alpha value is -2.92. The minimum atomic E-state index is -1.82. The van der Waals surface area contributed by atoms with E-state index in [0.29, 0.717) is 18.1 Å². The van der Waals surface area contributed by atoms with Crippen molar-refractivity contribution in [2.45, 2.75) is 26.0 Å². The Labute approximate surface area is 186 Å². The fourth-order valence-corrected chi connectivity index (χ4v) is 3.39. The maximum Gasteiger partial charge on any atom is 0.414 e. The molecule has 1 aliphatic rings. The predicted molar refractivity (Wildman–Crippen MR) is 116 cm³/mol. The number of piperidine rings is 1. The van der Waals surface area contributed by atoms with Crippen LogP contribution < -0.4 is 0 Å². The summed E-state index contributed by atoms with van der Waals surface area (Å²) < 4.78 is 5.88. The minimum absolute atomic E-state index is 0.617. The topological polar surface area (TPSA) is 111 Å². The van der Waals surface area contributed by atoms with E-state index in [1.165, 1.54) is 5.56 Å². The first-order valence-electron chi connectivity index (χ1n) is 9.87. The van der Waals surface area contributed by atoms with Gasteiger partial charge < -0.3 is 14.9 Å². The van der Waals surface area contributed by atoms with Crippen molar-refractivity contribution in [3.63, 3.8) is 0 Å². The predicted octanol–water partition coefficient (Wildman–Crippen LogP) is 3.80. The molecule has 0 saturated carbocycles. The lowest BCUT2D eigenvalue weighted by Crippen LogP contribution is -2.34. The minimum Gasteiger partial charge on any atom is -0.473 e. The fraction of sp³-hybridized carbons (Fsp3) is 0.348. The molecule has 0 spiro atoms. The summed E-state index contributed by atoms with van der Waals surface area (Å²) in [7, 11) is 0. The Bertz CT molecular complexity index is 891. The number of ether oxygens (including phenoxy) is 1. The van der Waals surface area contributed by atoms with Crippen LogP contribution in [0.2, 0.25) is 5.02 Å². The van der Waals surface area contributed by atoms with Crippen molar-refractivity contribution in [3.8, 4) is 6.07 Å². The van der Waals surface area contributed by atoms with Gasteiger partial charge in [0, 0.05) is 18.2 Å². The molecule has 0 bridgehead atoms. The van der Waals surface area contributed by atoms with E-state index in [0.717, 1.165) is 49.7 Å². The summed E-state index contributed by atoms with van der Waals surface area (Å²) in [5.74, 6) is -3.02. The number of halogens is 1. The summed E-state index contributed by atoms with van der Waals surface area (Å²) in [4.78, 5) is 20.7. The van der Waals surface area contributed by atoms with Crippen LogP contribution in [0.1, 0.15) is 29.5 Å². The van der Waals surface area contributed by atoms with Gasteiger partial charge in [0.25, 0.3) is 0 Å². The number of nitriles is 1. The highest BCUT2D eigenvalue weighted by Crippen LogP contribution is 2.22. The van der Waals surface area contributed by atoms with Crippen molar-refractivity contribution in [2.24, 2.45) is 5.92 Å². The van der Waals surface area contributed by atoms with Gasteiger partial charge in [-0.15, -0.1) is 0 Å². The van der Waals surface area contributed by atoms with Gasteiger partial charge in [0.15, 0.2) is 0 Å². The van der Waals surface area contributed by atoms with Crippen molar-refractivity contribution in [1.82, 2.24) is 4.90 Å². The van der Waals surface area contributed by atoms with Crippen molar-refractivity contribution in [3.05, 3.63) is 70.2 Å². The first-order valence-corrected chi connectivity index (χ1v) is 10.3. The molecule has 164 valence electrons. The van der Waals surface area contributed by atoms with E-state index >= 15 is 0 Å². The Morgan fingerprint density at radius 3 is 2.23 bits per heavy atom. The molecule has 1 aliphatic heterocycles. The SMILES string of the molecule is N#Cc1ccc(COCC2CCN(Cc3ccccc3Cl)CC2)cc1.O=C(O)C(=O)O. The standard InChI is InChI=1S/C21H23ClN2O.C2H2O4/c22-21-4-2-1-3-20(21)14-24-11-9-19(10-12-24)16-25-15-18-7-5-17(13-23)6-8-18;3-1(4)2(5)6/h1-8,19H,9-12,14-16H2;(H,3,4)(H,5,6). The second-order valence-electron chi connectivity index (χ2n) is 7.25. The highest BCUT2D eigenvalue weighted by atomic mass is 35.5. The van der Waals surface area contributed by atoms with E-state index in [2.05, 4.69) is 17.0 Å². The van der Waals surface area contributed by atoms with E-state index in [1.807, 2.05) is 42.5 Å². The number of benzene rings is 2. The van der Waals surface area contributed by atoms with E-state index in [1.54, 1.807) is 0 Å². The van der Waals surface area contributed by atoms with Gasteiger partial charge in [-0.1, -0.05) is 41.9 Å². The third kappa shape index (κ3) is 8.77. The number of nitrogens with zero attached hydrogens (tertiary/aromatic N) is 2. The zero-order valence-electron chi connectivity index (χ0n) is 17.0. The molecule has 0 amide bonds. The van der Waals surface area contributed by atoms with Gasteiger partial charge in [0.2, 0.25) is 0 Å². The second kappa shape index (κ2) is 12.7. The van der Waals surface area contributed by atoms with Crippen molar-refractivity contribution < 1.29 is 24.5 Å². The Morgan fingerprint density at radius 2 is 1.68 bits per heavy atom. The quantitative estimate of drug-likeness (QED) is 0.652. The molecule has 0 atom stereocenters. The maximum atomic E-state index is 9.10. The number of aliphatic carboxylic acids is 2. The molecular weight excluding hydrogens is 420 g/mol. The molecule has 0 unspecified atom stereocenters. The number of carbonyl (C=O) groups is 2. The highest BCUT2D eigenvalue weighted by molar-refractivity contribution is 6.31. The van der Waals surface area contributed by atoms with E-state index < -0.39 is 11.9 Å². The van der Waals surface area contributed by atoms with Gasteiger partial charge in [0.05, 0.1) is 18.2 Å². The Kier molecular flexibility index (Phi) is 9.98. The highest BCUT2D eigenvalue weighted by Gasteiger charge is 2.20. The molecule has 8 heteroatoms. The van der Waals surface area contributed by atoms with Crippen LogP contribution in [0.4, 0.5) is 0 Å². The first-order chi connectivity index (χ1) is 14.9. The van der Waals surface area contributed by atoms with Gasteiger partial charge in [-0.05, 0) is 61.2 Å². The molecule has 2 aromatic carbocycles. The number of carboxylic acid groups (broad SMARTS) is 2. The zero-order chi connectivity index (χ0) is 22.6. The fourth-order valence-electron chi connectivity index (χ4n) is 3.20. The van der Waals surface area contributed by atoms with Crippen molar-refractivity contribution in [2.75, 3.05) is 19.7 Å². The molecule has 3 rings (SSSR count). The largest absolute Gasteiger partial charge is 0.473 e. The Morgan fingerprint density at radius 1 is 1.06 bits per heavy atom. The van der Waals surface area contributed by atoms with Crippen LogP contribution in [0.15, 0.2) is 48.5 Å². The average Bonchev–Trinajstić information content (AvgIpc) is 2.77.